The third kappa shape index (κ3) is 4.61. The van der Waals surface area contributed by atoms with Crippen molar-refractivity contribution < 1.29 is 17.9 Å². The van der Waals surface area contributed by atoms with Crippen LogP contribution in [0.4, 0.5) is 13.2 Å². The summed E-state index contributed by atoms with van der Waals surface area (Å²) in [5, 5.41) is 3.33. The monoisotopic (exact) mass is 358 g/mol. The van der Waals surface area contributed by atoms with Crippen LogP contribution in [0.2, 0.25) is 0 Å². The number of piperidine rings is 1. The standard InChI is InChI=1S/C17H17F3N2O.ClH/c18-17(19,20)14-3-6-16(22-11-14)23-15-4-1-12(2-5-15)13-7-9-21-10-8-13;/h1-6,11,13,21H,7-10H2;1H. The van der Waals surface area contributed by atoms with E-state index in [9.17, 15) is 13.2 Å². The largest absolute Gasteiger partial charge is 0.439 e. The summed E-state index contributed by atoms with van der Waals surface area (Å²) >= 11 is 0. The Morgan fingerprint density at radius 3 is 2.21 bits per heavy atom. The summed E-state index contributed by atoms with van der Waals surface area (Å²) in [6.07, 6.45) is -1.39. The van der Waals surface area contributed by atoms with E-state index in [0.29, 0.717) is 11.7 Å². The van der Waals surface area contributed by atoms with Crippen LogP contribution >= 0.6 is 12.4 Å². The number of pyridine rings is 1. The predicted molar refractivity (Wildman–Crippen MR) is 87.8 cm³/mol. The molecule has 0 spiro atoms. The van der Waals surface area contributed by atoms with Gasteiger partial charge in [0.2, 0.25) is 5.88 Å². The van der Waals surface area contributed by atoms with Crippen molar-refractivity contribution in [2.24, 2.45) is 0 Å². The molecule has 0 radical (unpaired) electrons. The molecule has 2 heterocycles. The van der Waals surface area contributed by atoms with E-state index in [-0.39, 0.29) is 18.3 Å². The van der Waals surface area contributed by atoms with Crippen molar-refractivity contribution in [3.8, 4) is 11.6 Å². The molecule has 1 aromatic heterocycles. The molecule has 3 nitrogen and oxygen atoms in total. The van der Waals surface area contributed by atoms with Crippen molar-refractivity contribution in [2.45, 2.75) is 24.9 Å². The highest BCUT2D eigenvalue weighted by atomic mass is 35.5. The molecule has 130 valence electrons. The van der Waals surface area contributed by atoms with Gasteiger partial charge in [-0.15, -0.1) is 12.4 Å². The van der Waals surface area contributed by atoms with Gasteiger partial charge < -0.3 is 10.1 Å². The van der Waals surface area contributed by atoms with Gasteiger partial charge in [0.1, 0.15) is 5.75 Å². The van der Waals surface area contributed by atoms with Gasteiger partial charge >= 0.3 is 6.18 Å². The van der Waals surface area contributed by atoms with Crippen molar-refractivity contribution in [1.82, 2.24) is 10.3 Å². The number of hydrogen-bond acceptors (Lipinski definition) is 3. The summed E-state index contributed by atoms with van der Waals surface area (Å²) < 4.78 is 42.9. The van der Waals surface area contributed by atoms with Gasteiger partial charge in [-0.25, -0.2) is 4.98 Å². The zero-order chi connectivity index (χ0) is 16.3. The smallest absolute Gasteiger partial charge is 0.417 e. The number of nitrogens with one attached hydrogen (secondary N) is 1. The molecule has 1 aliphatic heterocycles. The molecule has 0 aliphatic carbocycles. The van der Waals surface area contributed by atoms with Crippen LogP contribution in [0, 0.1) is 0 Å². The van der Waals surface area contributed by atoms with Gasteiger partial charge in [0.15, 0.2) is 0 Å². The minimum absolute atomic E-state index is 0. The minimum atomic E-state index is -4.39. The fourth-order valence-corrected chi connectivity index (χ4v) is 2.69. The Labute approximate surface area is 144 Å². The molecule has 0 amide bonds. The average Bonchev–Trinajstić information content (AvgIpc) is 2.56. The SMILES string of the molecule is Cl.FC(F)(F)c1ccc(Oc2ccc(C3CCNCC3)cc2)nc1. The first-order valence-electron chi connectivity index (χ1n) is 7.54. The number of rotatable bonds is 3. The molecular formula is C17H18ClF3N2O. The van der Waals surface area contributed by atoms with Gasteiger partial charge in [-0.1, -0.05) is 12.1 Å². The number of ether oxygens (including phenoxy) is 1. The van der Waals surface area contributed by atoms with E-state index in [0.717, 1.165) is 38.2 Å². The molecule has 0 saturated carbocycles. The van der Waals surface area contributed by atoms with Crippen LogP contribution in [0.1, 0.15) is 29.9 Å². The lowest BCUT2D eigenvalue weighted by molar-refractivity contribution is -0.137. The first-order valence-corrected chi connectivity index (χ1v) is 7.54. The second kappa shape index (κ2) is 7.85. The maximum atomic E-state index is 12.5. The molecule has 24 heavy (non-hydrogen) atoms. The van der Waals surface area contributed by atoms with Crippen LogP contribution < -0.4 is 10.1 Å². The van der Waals surface area contributed by atoms with E-state index in [1.165, 1.54) is 11.6 Å². The first kappa shape index (κ1) is 18.5. The van der Waals surface area contributed by atoms with Crippen molar-refractivity contribution in [1.29, 1.82) is 0 Å². The zero-order valence-electron chi connectivity index (χ0n) is 12.8. The molecule has 0 atom stereocenters. The molecule has 1 aliphatic rings. The fraction of sp³-hybridized carbons (Fsp3) is 0.353. The molecule has 1 saturated heterocycles. The third-order valence-electron chi connectivity index (χ3n) is 3.98. The molecule has 7 heteroatoms. The van der Waals surface area contributed by atoms with Gasteiger partial charge in [0.05, 0.1) is 5.56 Å². The second-order valence-electron chi connectivity index (χ2n) is 5.58. The Bertz CT molecular complexity index is 638. The lowest BCUT2D eigenvalue weighted by atomic mass is 9.90. The quantitative estimate of drug-likeness (QED) is 0.857. The zero-order valence-corrected chi connectivity index (χ0v) is 13.7. The van der Waals surface area contributed by atoms with Crippen molar-refractivity contribution >= 4 is 12.4 Å². The Kier molecular flexibility index (Phi) is 6.07. The molecule has 1 aromatic carbocycles. The average molecular weight is 359 g/mol. The van der Waals surface area contributed by atoms with Crippen LogP contribution in [0.3, 0.4) is 0 Å². The van der Waals surface area contributed by atoms with Crippen LogP contribution in [0.15, 0.2) is 42.6 Å². The number of nitrogens with zero attached hydrogens (tertiary/aromatic N) is 1. The van der Waals surface area contributed by atoms with Gasteiger partial charge in [0, 0.05) is 12.3 Å². The number of alkyl halides is 3. The number of hydrogen-bond donors (Lipinski definition) is 1. The van der Waals surface area contributed by atoms with E-state index < -0.39 is 11.7 Å². The summed E-state index contributed by atoms with van der Waals surface area (Å²) in [5.41, 5.74) is 0.477. The van der Waals surface area contributed by atoms with Gasteiger partial charge in [-0.05, 0) is 55.6 Å². The summed E-state index contributed by atoms with van der Waals surface area (Å²) in [5.74, 6) is 1.26. The Hall–Kier alpha value is -1.79. The second-order valence-corrected chi connectivity index (χ2v) is 5.58. The number of halogens is 4. The highest BCUT2D eigenvalue weighted by Gasteiger charge is 2.30. The van der Waals surface area contributed by atoms with Crippen LogP contribution in [-0.2, 0) is 6.18 Å². The van der Waals surface area contributed by atoms with E-state index in [4.69, 9.17) is 4.74 Å². The number of benzene rings is 1. The molecule has 2 aromatic rings. The Morgan fingerprint density at radius 2 is 1.67 bits per heavy atom. The highest BCUT2D eigenvalue weighted by molar-refractivity contribution is 5.85. The van der Waals surface area contributed by atoms with E-state index in [1.54, 1.807) is 0 Å². The predicted octanol–water partition coefficient (Wildman–Crippen LogP) is 4.78. The van der Waals surface area contributed by atoms with Gasteiger partial charge in [-0.3, -0.25) is 0 Å². The first-order chi connectivity index (χ1) is 11.0. The number of aromatic nitrogens is 1. The molecule has 3 rings (SSSR count). The summed E-state index contributed by atoms with van der Waals surface area (Å²) in [6.45, 7) is 2.05. The lowest BCUT2D eigenvalue weighted by Crippen LogP contribution is -2.26. The summed E-state index contributed by atoms with van der Waals surface area (Å²) in [6, 6.07) is 9.87. The maximum Gasteiger partial charge on any atom is 0.417 e. The third-order valence-corrected chi connectivity index (χ3v) is 3.98. The van der Waals surface area contributed by atoms with E-state index >= 15 is 0 Å². The lowest BCUT2D eigenvalue weighted by Gasteiger charge is -2.23. The topological polar surface area (TPSA) is 34.1 Å². The van der Waals surface area contributed by atoms with Crippen LogP contribution in [-0.4, -0.2) is 18.1 Å². The Morgan fingerprint density at radius 1 is 1.00 bits per heavy atom. The molecule has 1 fully saturated rings. The molecule has 0 bridgehead atoms. The van der Waals surface area contributed by atoms with Crippen molar-refractivity contribution in [3.63, 3.8) is 0 Å². The maximum absolute atomic E-state index is 12.5. The fourth-order valence-electron chi connectivity index (χ4n) is 2.69. The summed E-state index contributed by atoms with van der Waals surface area (Å²) in [4.78, 5) is 3.70. The van der Waals surface area contributed by atoms with Crippen molar-refractivity contribution in [2.75, 3.05) is 13.1 Å². The van der Waals surface area contributed by atoms with Gasteiger partial charge in [0.25, 0.3) is 0 Å². The van der Waals surface area contributed by atoms with Crippen LogP contribution in [0.5, 0.6) is 11.6 Å². The molecule has 1 N–H and O–H groups in total. The highest BCUT2D eigenvalue weighted by Crippen LogP contribution is 2.31. The van der Waals surface area contributed by atoms with Crippen LogP contribution in [0.25, 0.3) is 0 Å². The normalized spacial score (nSPS) is 15.6. The van der Waals surface area contributed by atoms with E-state index in [1.807, 2.05) is 24.3 Å². The molecular weight excluding hydrogens is 341 g/mol. The minimum Gasteiger partial charge on any atom is -0.439 e. The van der Waals surface area contributed by atoms with E-state index in [2.05, 4.69) is 10.3 Å². The summed E-state index contributed by atoms with van der Waals surface area (Å²) in [7, 11) is 0. The van der Waals surface area contributed by atoms with Crippen molar-refractivity contribution in [3.05, 3.63) is 53.7 Å². The molecule has 0 unspecified atom stereocenters. The Balaban J connectivity index is 0.00000208. The van der Waals surface area contributed by atoms with Gasteiger partial charge in [-0.2, -0.15) is 13.2 Å².